The first kappa shape index (κ1) is 12.5. The summed E-state index contributed by atoms with van der Waals surface area (Å²) in [6.45, 7) is 1.79. The second-order valence-electron chi connectivity index (χ2n) is 4.88. The molecule has 17 heavy (non-hydrogen) atoms. The van der Waals surface area contributed by atoms with E-state index in [4.69, 9.17) is 5.73 Å². The summed E-state index contributed by atoms with van der Waals surface area (Å²) in [6, 6.07) is 7.30. The average Bonchev–Trinajstić information content (AvgIpc) is 2.39. The highest BCUT2D eigenvalue weighted by atomic mass is 19.1. The fourth-order valence-corrected chi connectivity index (χ4v) is 2.59. The van der Waals surface area contributed by atoms with Crippen molar-refractivity contribution in [3.05, 3.63) is 35.6 Å². The van der Waals surface area contributed by atoms with E-state index in [2.05, 4.69) is 5.32 Å². The highest BCUT2D eigenvalue weighted by molar-refractivity contribution is 5.17. The van der Waals surface area contributed by atoms with Gasteiger partial charge >= 0.3 is 0 Å². The first-order valence-electron chi connectivity index (χ1n) is 6.47. The fourth-order valence-electron chi connectivity index (χ4n) is 2.59. The van der Waals surface area contributed by atoms with Gasteiger partial charge in [0.15, 0.2) is 0 Å². The maximum Gasteiger partial charge on any atom is 0.123 e. The third-order valence-corrected chi connectivity index (χ3v) is 3.63. The van der Waals surface area contributed by atoms with Crippen LogP contribution in [0.1, 0.15) is 24.8 Å². The van der Waals surface area contributed by atoms with Gasteiger partial charge in [-0.2, -0.15) is 0 Å². The SMILES string of the molecule is NC[C@H](Cc1ccc(F)cc1)[C@H]1CCCCN1. The van der Waals surface area contributed by atoms with E-state index in [-0.39, 0.29) is 5.82 Å². The summed E-state index contributed by atoms with van der Waals surface area (Å²) >= 11 is 0. The second kappa shape index (κ2) is 6.12. The normalized spacial score (nSPS) is 22.4. The van der Waals surface area contributed by atoms with Gasteiger partial charge in [-0.3, -0.25) is 0 Å². The quantitative estimate of drug-likeness (QED) is 0.840. The lowest BCUT2D eigenvalue weighted by molar-refractivity contribution is 0.297. The van der Waals surface area contributed by atoms with Gasteiger partial charge in [0, 0.05) is 6.04 Å². The van der Waals surface area contributed by atoms with E-state index in [0.717, 1.165) is 13.0 Å². The summed E-state index contributed by atoms with van der Waals surface area (Å²) in [5, 5.41) is 3.55. The maximum atomic E-state index is 12.8. The van der Waals surface area contributed by atoms with Crippen LogP contribution in [0.25, 0.3) is 0 Å². The molecule has 1 heterocycles. The third kappa shape index (κ3) is 3.51. The smallest absolute Gasteiger partial charge is 0.123 e. The van der Waals surface area contributed by atoms with Crippen molar-refractivity contribution in [3.63, 3.8) is 0 Å². The predicted octanol–water partition coefficient (Wildman–Crippen LogP) is 2.09. The molecule has 2 nitrogen and oxygen atoms in total. The third-order valence-electron chi connectivity index (χ3n) is 3.63. The van der Waals surface area contributed by atoms with Gasteiger partial charge in [0.2, 0.25) is 0 Å². The topological polar surface area (TPSA) is 38.0 Å². The molecule has 2 atom stereocenters. The van der Waals surface area contributed by atoms with Crippen molar-refractivity contribution in [2.45, 2.75) is 31.7 Å². The molecule has 0 unspecified atom stereocenters. The Morgan fingerprint density at radius 2 is 2.06 bits per heavy atom. The molecule has 1 aliphatic heterocycles. The zero-order chi connectivity index (χ0) is 12.1. The Bertz CT molecular complexity index is 331. The summed E-state index contributed by atoms with van der Waals surface area (Å²) in [7, 11) is 0. The molecule has 0 aromatic heterocycles. The maximum absolute atomic E-state index is 12.8. The number of nitrogens with one attached hydrogen (secondary N) is 1. The highest BCUT2D eigenvalue weighted by Crippen LogP contribution is 2.19. The fraction of sp³-hybridized carbons (Fsp3) is 0.571. The molecule has 0 amide bonds. The Hall–Kier alpha value is -0.930. The number of nitrogens with two attached hydrogens (primary N) is 1. The minimum atomic E-state index is -0.172. The largest absolute Gasteiger partial charge is 0.330 e. The van der Waals surface area contributed by atoms with Crippen LogP contribution >= 0.6 is 0 Å². The van der Waals surface area contributed by atoms with Crippen molar-refractivity contribution in [2.75, 3.05) is 13.1 Å². The molecule has 1 fully saturated rings. The number of piperidine rings is 1. The second-order valence-corrected chi connectivity index (χ2v) is 4.88. The minimum Gasteiger partial charge on any atom is -0.330 e. The van der Waals surface area contributed by atoms with Gasteiger partial charge in [0.1, 0.15) is 5.82 Å². The minimum absolute atomic E-state index is 0.172. The molecule has 1 aliphatic rings. The Kier molecular flexibility index (Phi) is 4.51. The molecule has 1 aromatic rings. The lowest BCUT2D eigenvalue weighted by Gasteiger charge is -2.30. The summed E-state index contributed by atoms with van der Waals surface area (Å²) in [6.07, 6.45) is 4.71. The molecule has 0 aliphatic carbocycles. The summed E-state index contributed by atoms with van der Waals surface area (Å²) in [5.41, 5.74) is 7.04. The summed E-state index contributed by atoms with van der Waals surface area (Å²) in [5.74, 6) is 0.287. The first-order valence-corrected chi connectivity index (χ1v) is 6.47. The lowest BCUT2D eigenvalue weighted by Crippen LogP contribution is -2.43. The molecular weight excluding hydrogens is 215 g/mol. The van der Waals surface area contributed by atoms with E-state index >= 15 is 0 Å². The van der Waals surface area contributed by atoms with Crippen molar-refractivity contribution in [1.29, 1.82) is 0 Å². The molecule has 0 radical (unpaired) electrons. The number of rotatable bonds is 4. The summed E-state index contributed by atoms with van der Waals surface area (Å²) < 4.78 is 12.8. The van der Waals surface area contributed by atoms with Crippen LogP contribution in [0.5, 0.6) is 0 Å². The van der Waals surface area contributed by atoms with Crippen LogP contribution in [0.2, 0.25) is 0 Å². The van der Waals surface area contributed by atoms with Crippen LogP contribution in [0, 0.1) is 11.7 Å². The molecule has 1 aromatic carbocycles. The van der Waals surface area contributed by atoms with Gasteiger partial charge in [-0.25, -0.2) is 4.39 Å². The monoisotopic (exact) mass is 236 g/mol. The summed E-state index contributed by atoms with van der Waals surface area (Å²) in [4.78, 5) is 0. The van der Waals surface area contributed by atoms with Crippen LogP contribution in [0.4, 0.5) is 4.39 Å². The van der Waals surface area contributed by atoms with E-state index in [9.17, 15) is 4.39 Å². The van der Waals surface area contributed by atoms with E-state index in [1.807, 2.05) is 12.1 Å². The van der Waals surface area contributed by atoms with Gasteiger partial charge in [-0.15, -0.1) is 0 Å². The Labute approximate surface area is 102 Å². The van der Waals surface area contributed by atoms with E-state index in [1.165, 1.54) is 37.0 Å². The Morgan fingerprint density at radius 1 is 1.29 bits per heavy atom. The van der Waals surface area contributed by atoms with Gasteiger partial charge in [-0.1, -0.05) is 18.6 Å². The van der Waals surface area contributed by atoms with Gasteiger partial charge in [-0.05, 0) is 56.0 Å². The number of halogens is 1. The lowest BCUT2D eigenvalue weighted by atomic mass is 9.87. The highest BCUT2D eigenvalue weighted by Gasteiger charge is 2.22. The van der Waals surface area contributed by atoms with Gasteiger partial charge < -0.3 is 11.1 Å². The zero-order valence-corrected chi connectivity index (χ0v) is 10.2. The van der Waals surface area contributed by atoms with Crippen molar-refractivity contribution in [2.24, 2.45) is 11.7 Å². The van der Waals surface area contributed by atoms with Crippen LogP contribution < -0.4 is 11.1 Å². The van der Waals surface area contributed by atoms with Crippen molar-refractivity contribution < 1.29 is 4.39 Å². The number of hydrogen-bond acceptors (Lipinski definition) is 2. The predicted molar refractivity (Wildman–Crippen MR) is 68.3 cm³/mol. The molecule has 0 bridgehead atoms. The van der Waals surface area contributed by atoms with Crippen LogP contribution in [-0.4, -0.2) is 19.1 Å². The van der Waals surface area contributed by atoms with E-state index in [1.54, 1.807) is 0 Å². The van der Waals surface area contributed by atoms with E-state index < -0.39 is 0 Å². The Morgan fingerprint density at radius 3 is 2.65 bits per heavy atom. The van der Waals surface area contributed by atoms with Crippen LogP contribution in [-0.2, 0) is 6.42 Å². The molecule has 1 saturated heterocycles. The van der Waals surface area contributed by atoms with Gasteiger partial charge in [0.05, 0.1) is 0 Å². The molecular formula is C14H21FN2. The molecule has 3 heteroatoms. The van der Waals surface area contributed by atoms with Crippen molar-refractivity contribution >= 4 is 0 Å². The standard InChI is InChI=1S/C14H21FN2/c15-13-6-4-11(5-7-13)9-12(10-16)14-3-1-2-8-17-14/h4-7,12,14,17H,1-3,8-10,16H2/t12-,14+/m0/s1. The average molecular weight is 236 g/mol. The van der Waals surface area contributed by atoms with E-state index in [0.29, 0.717) is 18.5 Å². The van der Waals surface area contributed by atoms with Crippen LogP contribution in [0.3, 0.4) is 0 Å². The first-order chi connectivity index (χ1) is 8.29. The van der Waals surface area contributed by atoms with Crippen molar-refractivity contribution in [3.8, 4) is 0 Å². The molecule has 94 valence electrons. The molecule has 0 spiro atoms. The molecule has 3 N–H and O–H groups in total. The van der Waals surface area contributed by atoms with Gasteiger partial charge in [0.25, 0.3) is 0 Å². The molecule has 0 saturated carbocycles. The number of hydrogen-bond donors (Lipinski definition) is 2. The Balaban J connectivity index is 1.96. The van der Waals surface area contributed by atoms with Crippen LogP contribution in [0.15, 0.2) is 24.3 Å². The zero-order valence-electron chi connectivity index (χ0n) is 10.2. The van der Waals surface area contributed by atoms with Crippen molar-refractivity contribution in [1.82, 2.24) is 5.32 Å². The number of benzene rings is 1. The molecule has 2 rings (SSSR count).